The van der Waals surface area contributed by atoms with Crippen LogP contribution in [0.5, 0.6) is 11.5 Å². The first-order valence-electron chi connectivity index (χ1n) is 9.03. The van der Waals surface area contributed by atoms with Crippen LogP contribution in [0.3, 0.4) is 0 Å². The van der Waals surface area contributed by atoms with E-state index in [1.807, 2.05) is 53.4 Å². The Bertz CT molecular complexity index is 764. The fourth-order valence-electron chi connectivity index (χ4n) is 3.32. The Morgan fingerprint density at radius 2 is 1.93 bits per heavy atom. The first-order valence-corrected chi connectivity index (χ1v) is 9.03. The number of carbonyl (C=O) groups is 1. The number of likely N-dealkylation sites (tertiary alicyclic amines) is 1. The van der Waals surface area contributed by atoms with Crippen LogP contribution >= 0.6 is 0 Å². The van der Waals surface area contributed by atoms with Gasteiger partial charge in [-0.1, -0.05) is 36.4 Å². The predicted octanol–water partition coefficient (Wildman–Crippen LogP) is 2.54. The van der Waals surface area contributed by atoms with E-state index in [4.69, 9.17) is 9.47 Å². The molecule has 144 valence electrons. The molecule has 6 heteroatoms. The molecule has 6 nitrogen and oxygen atoms in total. The second-order valence-corrected chi connectivity index (χ2v) is 6.80. The number of rotatable bonds is 7. The normalized spacial score (nSPS) is 20.2. The third kappa shape index (κ3) is 4.99. The Balaban J connectivity index is 1.68. The molecule has 0 saturated carbocycles. The highest BCUT2D eigenvalue weighted by Crippen LogP contribution is 2.30. The first-order chi connectivity index (χ1) is 13.1. The highest BCUT2D eigenvalue weighted by atomic mass is 16.5. The summed E-state index contributed by atoms with van der Waals surface area (Å²) in [7, 11) is 1.61. The fraction of sp³-hybridized carbons (Fsp3) is 0.381. The average molecular weight is 371 g/mol. The minimum Gasteiger partial charge on any atom is -0.493 e. The highest BCUT2D eigenvalue weighted by Gasteiger charge is 2.33. The number of carboxylic acid groups (broad SMARTS) is 1. The summed E-state index contributed by atoms with van der Waals surface area (Å²) in [6, 6.07) is 15.7. The smallest absolute Gasteiger partial charge is 0.310 e. The zero-order chi connectivity index (χ0) is 19.2. The quantitative estimate of drug-likeness (QED) is 0.779. The van der Waals surface area contributed by atoms with E-state index in [1.54, 1.807) is 7.11 Å². The molecule has 0 amide bonds. The van der Waals surface area contributed by atoms with Crippen molar-refractivity contribution in [2.45, 2.75) is 25.7 Å². The van der Waals surface area contributed by atoms with Gasteiger partial charge in [0, 0.05) is 19.6 Å². The lowest BCUT2D eigenvalue weighted by Crippen LogP contribution is -2.46. The van der Waals surface area contributed by atoms with Crippen molar-refractivity contribution in [3.05, 3.63) is 59.7 Å². The monoisotopic (exact) mass is 371 g/mol. The van der Waals surface area contributed by atoms with Gasteiger partial charge in [-0.3, -0.25) is 9.69 Å². The maximum atomic E-state index is 11.3. The summed E-state index contributed by atoms with van der Waals surface area (Å²) in [6.07, 6.45) is -0.316. The number of ether oxygens (including phenoxy) is 2. The van der Waals surface area contributed by atoms with Gasteiger partial charge in [0.1, 0.15) is 6.61 Å². The molecule has 1 saturated heterocycles. The van der Waals surface area contributed by atoms with Crippen molar-refractivity contribution in [3.63, 3.8) is 0 Å². The summed E-state index contributed by atoms with van der Waals surface area (Å²) < 4.78 is 11.3. The number of carboxylic acids is 1. The largest absolute Gasteiger partial charge is 0.493 e. The Kier molecular flexibility index (Phi) is 6.32. The number of hydrogen-bond donors (Lipinski definition) is 2. The summed E-state index contributed by atoms with van der Waals surface area (Å²) in [5, 5.41) is 19.1. The van der Waals surface area contributed by atoms with Gasteiger partial charge < -0.3 is 19.7 Å². The van der Waals surface area contributed by atoms with Gasteiger partial charge in [-0.15, -0.1) is 0 Å². The molecule has 27 heavy (non-hydrogen) atoms. The van der Waals surface area contributed by atoms with E-state index in [1.165, 1.54) is 0 Å². The van der Waals surface area contributed by atoms with Crippen LogP contribution in [-0.4, -0.2) is 47.4 Å². The average Bonchev–Trinajstić information content (AvgIpc) is 2.68. The Morgan fingerprint density at radius 3 is 2.63 bits per heavy atom. The molecule has 1 aliphatic heterocycles. The number of aliphatic carboxylic acids is 1. The van der Waals surface area contributed by atoms with Gasteiger partial charge in [-0.25, -0.2) is 0 Å². The van der Waals surface area contributed by atoms with Crippen molar-refractivity contribution in [2.24, 2.45) is 5.92 Å². The number of methoxy groups -OCH3 is 1. The molecule has 1 heterocycles. The number of hydrogen-bond acceptors (Lipinski definition) is 5. The topological polar surface area (TPSA) is 79.2 Å². The van der Waals surface area contributed by atoms with Gasteiger partial charge in [0.15, 0.2) is 11.5 Å². The molecule has 0 aromatic heterocycles. The van der Waals surface area contributed by atoms with E-state index in [0.717, 1.165) is 11.1 Å². The lowest BCUT2D eigenvalue weighted by atomic mass is 9.94. The molecule has 2 aromatic rings. The molecule has 2 N–H and O–H groups in total. The fourth-order valence-corrected chi connectivity index (χ4v) is 3.32. The van der Waals surface area contributed by atoms with E-state index >= 15 is 0 Å². The maximum Gasteiger partial charge on any atom is 0.310 e. The van der Waals surface area contributed by atoms with Gasteiger partial charge >= 0.3 is 5.97 Å². The van der Waals surface area contributed by atoms with Crippen LogP contribution in [0.4, 0.5) is 0 Å². The second kappa shape index (κ2) is 8.88. The van der Waals surface area contributed by atoms with Crippen LogP contribution in [0.1, 0.15) is 17.5 Å². The van der Waals surface area contributed by atoms with Crippen molar-refractivity contribution in [1.82, 2.24) is 4.90 Å². The summed E-state index contributed by atoms with van der Waals surface area (Å²) in [4.78, 5) is 13.3. The summed E-state index contributed by atoms with van der Waals surface area (Å²) in [5.74, 6) is -0.377. The SMILES string of the molecule is COc1ccc(CN2CC[C@@H](O)[C@@H](C(=O)O)C2)cc1OCc1ccccc1. The molecule has 0 aliphatic carbocycles. The van der Waals surface area contributed by atoms with E-state index in [0.29, 0.717) is 44.2 Å². The van der Waals surface area contributed by atoms with E-state index in [-0.39, 0.29) is 0 Å². The molecule has 2 atom stereocenters. The molecule has 1 fully saturated rings. The standard InChI is InChI=1S/C21H25NO5/c1-26-19-8-7-16(11-20(19)27-14-15-5-3-2-4-6-15)12-22-10-9-18(23)17(13-22)21(24)25/h2-8,11,17-18,23H,9-10,12-14H2,1H3,(H,24,25)/t17-,18+/m0/s1. The summed E-state index contributed by atoms with van der Waals surface area (Å²) in [6.45, 7) is 2.04. The number of aliphatic hydroxyl groups is 1. The van der Waals surface area contributed by atoms with E-state index in [2.05, 4.69) is 0 Å². The van der Waals surface area contributed by atoms with Gasteiger partial charge in [0.25, 0.3) is 0 Å². The molecular formula is C21H25NO5. The predicted molar refractivity (Wildman–Crippen MR) is 101 cm³/mol. The lowest BCUT2D eigenvalue weighted by Gasteiger charge is -2.34. The summed E-state index contributed by atoms with van der Waals surface area (Å²) >= 11 is 0. The van der Waals surface area contributed by atoms with Crippen molar-refractivity contribution in [1.29, 1.82) is 0 Å². The van der Waals surface area contributed by atoms with Gasteiger partial charge in [-0.2, -0.15) is 0 Å². The van der Waals surface area contributed by atoms with Gasteiger partial charge in [0.2, 0.25) is 0 Å². The van der Waals surface area contributed by atoms with Crippen LogP contribution in [0.2, 0.25) is 0 Å². The molecule has 2 aromatic carbocycles. The minimum absolute atomic E-state index is 0.336. The van der Waals surface area contributed by atoms with Crippen molar-refractivity contribution in [3.8, 4) is 11.5 Å². The minimum atomic E-state index is -0.950. The van der Waals surface area contributed by atoms with Gasteiger partial charge in [-0.05, 0) is 29.7 Å². The number of piperidine rings is 1. The number of aliphatic hydroxyl groups excluding tert-OH is 1. The zero-order valence-electron chi connectivity index (χ0n) is 15.4. The summed E-state index contributed by atoms with van der Waals surface area (Å²) in [5.41, 5.74) is 2.08. The van der Waals surface area contributed by atoms with Crippen LogP contribution in [0.25, 0.3) is 0 Å². The van der Waals surface area contributed by atoms with Crippen LogP contribution in [0, 0.1) is 5.92 Å². The zero-order valence-corrected chi connectivity index (χ0v) is 15.4. The molecular weight excluding hydrogens is 346 g/mol. The molecule has 0 radical (unpaired) electrons. The molecule has 0 bridgehead atoms. The van der Waals surface area contributed by atoms with Crippen LogP contribution in [-0.2, 0) is 17.9 Å². The van der Waals surface area contributed by atoms with Crippen molar-refractivity contribution in [2.75, 3.05) is 20.2 Å². The molecule has 1 aliphatic rings. The number of benzene rings is 2. The van der Waals surface area contributed by atoms with Crippen molar-refractivity contribution < 1.29 is 24.5 Å². The van der Waals surface area contributed by atoms with E-state index < -0.39 is 18.0 Å². The first kappa shape index (κ1) is 19.2. The Morgan fingerprint density at radius 1 is 1.15 bits per heavy atom. The lowest BCUT2D eigenvalue weighted by molar-refractivity contribution is -0.149. The Labute approximate surface area is 159 Å². The molecule has 0 unspecified atom stereocenters. The van der Waals surface area contributed by atoms with Crippen molar-refractivity contribution >= 4 is 5.97 Å². The molecule has 0 spiro atoms. The van der Waals surface area contributed by atoms with Gasteiger partial charge in [0.05, 0.1) is 19.1 Å². The third-order valence-corrected chi connectivity index (χ3v) is 4.85. The molecule has 3 rings (SSSR count). The van der Waals surface area contributed by atoms with Crippen LogP contribution < -0.4 is 9.47 Å². The maximum absolute atomic E-state index is 11.3. The van der Waals surface area contributed by atoms with Crippen LogP contribution in [0.15, 0.2) is 48.5 Å². The number of nitrogens with zero attached hydrogens (tertiary/aromatic N) is 1. The second-order valence-electron chi connectivity index (χ2n) is 6.80. The highest BCUT2D eigenvalue weighted by molar-refractivity contribution is 5.71. The Hall–Kier alpha value is -2.57. The van der Waals surface area contributed by atoms with E-state index in [9.17, 15) is 15.0 Å². The third-order valence-electron chi connectivity index (χ3n) is 4.85.